The van der Waals surface area contributed by atoms with E-state index in [1.807, 2.05) is 37.3 Å². The fraction of sp³-hybridized carbons (Fsp3) is 0.0909. The molecule has 1 N–H and O–H groups in total. The molecule has 0 aliphatic rings. The van der Waals surface area contributed by atoms with E-state index in [0.717, 1.165) is 11.1 Å². The van der Waals surface area contributed by atoms with E-state index in [9.17, 15) is 8.42 Å². The van der Waals surface area contributed by atoms with Gasteiger partial charge in [-0.05, 0) is 31.2 Å². The molecule has 0 amide bonds. The molecule has 2 aromatic heterocycles. The molecule has 8 heteroatoms. The van der Waals surface area contributed by atoms with Crippen LogP contribution in [0.5, 0.6) is 0 Å². The van der Waals surface area contributed by atoms with E-state index in [1.54, 1.807) is 36.4 Å². The van der Waals surface area contributed by atoms with Crippen LogP contribution < -0.4 is 4.72 Å². The number of nitrogens with one attached hydrogen (secondary N) is 1. The molecule has 0 bridgehead atoms. The lowest BCUT2D eigenvalue weighted by Crippen LogP contribution is -2.29. The predicted octanol–water partition coefficient (Wildman–Crippen LogP) is 4.37. The maximum Gasteiger partial charge on any atom is 0.255 e. The third kappa shape index (κ3) is 4.10. The molecule has 7 nitrogen and oxygen atoms in total. The van der Waals surface area contributed by atoms with E-state index in [1.165, 1.54) is 6.26 Å². The zero-order valence-corrected chi connectivity index (χ0v) is 17.0. The van der Waals surface area contributed by atoms with E-state index in [2.05, 4.69) is 21.4 Å². The van der Waals surface area contributed by atoms with Crippen LogP contribution in [0.4, 0.5) is 0 Å². The Morgan fingerprint density at radius 1 is 1.03 bits per heavy atom. The molecule has 0 radical (unpaired) electrons. The van der Waals surface area contributed by atoms with Crippen molar-refractivity contribution in [3.8, 4) is 11.4 Å². The summed E-state index contributed by atoms with van der Waals surface area (Å²) in [5.74, 6) is 0.850. The Bertz CT molecular complexity index is 1250. The molecule has 0 fully saturated rings. The lowest BCUT2D eigenvalue weighted by atomic mass is 10.1. The number of rotatable bonds is 7. The van der Waals surface area contributed by atoms with Gasteiger partial charge in [0.25, 0.3) is 5.89 Å². The SMILES string of the molecule is C=C(c1nc(-c2ccccc2)no1)[C@@H](NS(=O)(=O)c1ccc(C)cc1)c1ccco1. The minimum absolute atomic E-state index is 0.113. The van der Waals surface area contributed by atoms with E-state index in [-0.39, 0.29) is 16.4 Å². The zero-order valence-electron chi connectivity index (χ0n) is 16.1. The summed E-state index contributed by atoms with van der Waals surface area (Å²) >= 11 is 0. The smallest absolute Gasteiger partial charge is 0.255 e. The molecule has 0 saturated heterocycles. The summed E-state index contributed by atoms with van der Waals surface area (Å²) in [6, 6.07) is 18.3. The average molecular weight is 421 g/mol. The van der Waals surface area contributed by atoms with Crippen LogP contribution in [0.2, 0.25) is 0 Å². The maximum atomic E-state index is 13.0. The summed E-state index contributed by atoms with van der Waals surface area (Å²) in [7, 11) is -3.86. The maximum absolute atomic E-state index is 13.0. The van der Waals surface area contributed by atoms with E-state index in [4.69, 9.17) is 8.94 Å². The summed E-state index contributed by atoms with van der Waals surface area (Å²) in [4.78, 5) is 4.50. The Labute approximate surface area is 174 Å². The minimum Gasteiger partial charge on any atom is -0.467 e. The van der Waals surface area contributed by atoms with Gasteiger partial charge in [0.15, 0.2) is 0 Å². The number of nitrogens with zero attached hydrogens (tertiary/aromatic N) is 2. The Hall–Kier alpha value is -3.49. The van der Waals surface area contributed by atoms with E-state index in [0.29, 0.717) is 11.6 Å². The second kappa shape index (κ2) is 8.10. The third-order valence-electron chi connectivity index (χ3n) is 4.51. The van der Waals surface area contributed by atoms with Gasteiger partial charge in [0.05, 0.1) is 11.2 Å². The number of aryl methyl sites for hydroxylation is 1. The quantitative estimate of drug-likeness (QED) is 0.476. The number of benzene rings is 2. The fourth-order valence-corrected chi connectivity index (χ4v) is 4.08. The average Bonchev–Trinajstić information content (AvgIpc) is 3.45. The number of aromatic nitrogens is 2. The summed E-state index contributed by atoms with van der Waals surface area (Å²) in [6.07, 6.45) is 1.46. The van der Waals surface area contributed by atoms with Crippen LogP contribution >= 0.6 is 0 Å². The highest BCUT2D eigenvalue weighted by Gasteiger charge is 2.29. The molecule has 0 saturated carbocycles. The Morgan fingerprint density at radius 3 is 2.43 bits per heavy atom. The van der Waals surface area contributed by atoms with Crippen LogP contribution in [0.25, 0.3) is 17.0 Å². The van der Waals surface area contributed by atoms with Gasteiger partial charge in [-0.1, -0.05) is 59.8 Å². The van der Waals surface area contributed by atoms with Gasteiger partial charge in [-0.25, -0.2) is 8.42 Å². The molecule has 0 aliphatic heterocycles. The molecule has 4 aromatic rings. The van der Waals surface area contributed by atoms with Crippen molar-refractivity contribution in [1.82, 2.24) is 14.9 Å². The molecule has 4 rings (SSSR count). The summed E-state index contributed by atoms with van der Waals surface area (Å²) in [6.45, 7) is 5.88. The van der Waals surface area contributed by atoms with Crippen molar-refractivity contribution in [3.05, 3.63) is 96.8 Å². The van der Waals surface area contributed by atoms with Crippen molar-refractivity contribution in [2.24, 2.45) is 0 Å². The molecular formula is C22H19N3O4S. The van der Waals surface area contributed by atoms with Gasteiger partial charge in [-0.3, -0.25) is 0 Å². The van der Waals surface area contributed by atoms with E-state index >= 15 is 0 Å². The van der Waals surface area contributed by atoms with Gasteiger partial charge < -0.3 is 8.94 Å². The van der Waals surface area contributed by atoms with Crippen molar-refractivity contribution in [1.29, 1.82) is 0 Å². The third-order valence-corrected chi connectivity index (χ3v) is 5.95. The van der Waals surface area contributed by atoms with Crippen LogP contribution in [-0.2, 0) is 10.0 Å². The van der Waals surface area contributed by atoms with Crippen LogP contribution in [0.3, 0.4) is 0 Å². The first-order valence-electron chi connectivity index (χ1n) is 9.15. The summed E-state index contributed by atoms with van der Waals surface area (Å²) in [5.41, 5.74) is 2.01. The number of sulfonamides is 1. The molecule has 0 spiro atoms. The second-order valence-corrected chi connectivity index (χ2v) is 8.41. The molecule has 2 heterocycles. The Balaban J connectivity index is 1.66. The first kappa shape index (κ1) is 19.8. The van der Waals surface area contributed by atoms with Crippen molar-refractivity contribution in [2.75, 3.05) is 0 Å². The second-order valence-electron chi connectivity index (χ2n) is 6.70. The molecule has 0 aliphatic carbocycles. The van der Waals surface area contributed by atoms with Gasteiger partial charge in [0.1, 0.15) is 11.8 Å². The van der Waals surface area contributed by atoms with Crippen molar-refractivity contribution < 1.29 is 17.4 Å². The van der Waals surface area contributed by atoms with Crippen molar-refractivity contribution in [2.45, 2.75) is 17.9 Å². The number of hydrogen-bond donors (Lipinski definition) is 1. The number of hydrogen-bond acceptors (Lipinski definition) is 6. The lowest BCUT2D eigenvalue weighted by Gasteiger charge is -2.17. The number of furan rings is 1. The first-order chi connectivity index (χ1) is 14.4. The molecule has 2 aromatic carbocycles. The topological polar surface area (TPSA) is 98.2 Å². The van der Waals surface area contributed by atoms with Crippen LogP contribution in [0.15, 0.2) is 93.4 Å². The molecule has 30 heavy (non-hydrogen) atoms. The highest BCUT2D eigenvalue weighted by molar-refractivity contribution is 7.89. The summed E-state index contributed by atoms with van der Waals surface area (Å²) in [5, 5.41) is 3.98. The fourth-order valence-electron chi connectivity index (χ4n) is 2.88. The molecule has 152 valence electrons. The summed E-state index contributed by atoms with van der Waals surface area (Å²) < 4.78 is 39.3. The van der Waals surface area contributed by atoms with Crippen molar-refractivity contribution >= 4 is 15.6 Å². The van der Waals surface area contributed by atoms with Gasteiger partial charge in [-0.15, -0.1) is 0 Å². The zero-order chi connectivity index (χ0) is 21.1. The van der Waals surface area contributed by atoms with Crippen LogP contribution in [-0.4, -0.2) is 18.6 Å². The molecule has 0 unspecified atom stereocenters. The van der Waals surface area contributed by atoms with Gasteiger partial charge in [0.2, 0.25) is 15.8 Å². The first-order valence-corrected chi connectivity index (χ1v) is 10.6. The van der Waals surface area contributed by atoms with Crippen molar-refractivity contribution in [3.63, 3.8) is 0 Å². The highest BCUT2D eigenvalue weighted by Crippen LogP contribution is 2.31. The highest BCUT2D eigenvalue weighted by atomic mass is 32.2. The van der Waals surface area contributed by atoms with Gasteiger partial charge >= 0.3 is 0 Å². The molecule has 1 atom stereocenters. The Kier molecular flexibility index (Phi) is 5.35. The van der Waals surface area contributed by atoms with Gasteiger partial charge in [-0.2, -0.15) is 9.71 Å². The molecular weight excluding hydrogens is 402 g/mol. The normalized spacial score (nSPS) is 12.6. The monoisotopic (exact) mass is 421 g/mol. The standard InChI is InChI=1S/C22H19N3O4S/c1-15-10-12-18(13-11-15)30(26,27)25-20(19-9-6-14-28-19)16(2)22-23-21(24-29-22)17-7-4-3-5-8-17/h3-14,20,25H,2H2,1H3/t20-/m1/s1. The lowest BCUT2D eigenvalue weighted by molar-refractivity contribution is 0.401. The largest absolute Gasteiger partial charge is 0.467 e. The van der Waals surface area contributed by atoms with E-state index < -0.39 is 16.1 Å². The minimum atomic E-state index is -3.86. The van der Waals surface area contributed by atoms with Crippen LogP contribution in [0, 0.1) is 6.92 Å². The predicted molar refractivity (Wildman–Crippen MR) is 112 cm³/mol. The Morgan fingerprint density at radius 2 is 1.77 bits per heavy atom. The van der Waals surface area contributed by atoms with Gasteiger partial charge in [0, 0.05) is 11.1 Å². The van der Waals surface area contributed by atoms with Crippen LogP contribution in [0.1, 0.15) is 23.3 Å².